The van der Waals surface area contributed by atoms with Gasteiger partial charge in [-0.2, -0.15) is 0 Å². The lowest BCUT2D eigenvalue weighted by atomic mass is 9.46. The van der Waals surface area contributed by atoms with E-state index in [9.17, 15) is 19.5 Å². The zero-order valence-corrected chi connectivity index (χ0v) is 40.4. The first-order valence-corrected chi connectivity index (χ1v) is 23.3. The standard InChI is InChI=1S/C52H71NO13/c1-12-26-61-27-20-19-25-39(54)64-43(42(33-21-15-13-16-22-33)53-48(57)66-49(4,5)6)32(3)63-37-29-52(58)46(65-47(56)34-23-17-14-18-24-34)41-35-30-62-36(35)28-38(59-10)51(41,9)45(55)44(60-11)40(31(37)2)50(52,7)8/h13-18,21-24,35-38,41-44,46,58H,3,12,19-20,25-30H2,1-2,4-11H3,(H,53,57)/t35-,36-,37+,38+,41?,42+,43?,44-,46?,51-,52-/m1/s1. The van der Waals surface area contributed by atoms with Gasteiger partial charge in [-0.25, -0.2) is 9.59 Å². The maximum absolute atomic E-state index is 15.6. The second kappa shape index (κ2) is 20.7. The number of amides is 1. The van der Waals surface area contributed by atoms with Crippen LogP contribution in [-0.4, -0.2) is 111 Å². The summed E-state index contributed by atoms with van der Waals surface area (Å²) in [5.74, 6) is -2.63. The van der Waals surface area contributed by atoms with Crippen molar-refractivity contribution in [1.82, 2.24) is 5.32 Å². The minimum absolute atomic E-state index is 0.0464. The van der Waals surface area contributed by atoms with E-state index in [1.165, 1.54) is 7.11 Å². The van der Waals surface area contributed by atoms with Crippen LogP contribution in [0.2, 0.25) is 0 Å². The number of ketones is 1. The summed E-state index contributed by atoms with van der Waals surface area (Å²) in [5.41, 5.74) is -3.50. The van der Waals surface area contributed by atoms with Gasteiger partial charge in [0.25, 0.3) is 0 Å². The van der Waals surface area contributed by atoms with E-state index in [2.05, 4.69) is 11.9 Å². The number of alkyl carbamates (subject to hydrolysis) is 1. The molecule has 0 aromatic heterocycles. The summed E-state index contributed by atoms with van der Waals surface area (Å²) in [7, 11) is 3.02. The molecule has 2 N–H and O–H groups in total. The lowest BCUT2D eigenvalue weighted by Crippen LogP contribution is -2.75. The molecular weight excluding hydrogens is 847 g/mol. The minimum Gasteiger partial charge on any atom is -0.487 e. The SMILES string of the molecule is C=C(O[C@H]1C[C@@]2(O)C(OC(=O)c3ccccc3)C3[C@@H]4CO[C@@H]4C[C@H](OC)[C@@]3(C)C(=O)[C@H](OC)C(=C1C)C2(C)C)C(OC(=O)CCCCOCCC)[C@@H](NC(=O)OC(C)(C)C)c1ccccc1. The van der Waals surface area contributed by atoms with Crippen LogP contribution in [-0.2, 0) is 47.5 Å². The van der Waals surface area contributed by atoms with Crippen LogP contribution in [0, 0.1) is 22.7 Å². The number of carbonyl (C=O) groups excluding carboxylic acids is 4. The highest BCUT2D eigenvalue weighted by Crippen LogP contribution is 2.63. The van der Waals surface area contributed by atoms with E-state index in [0.29, 0.717) is 49.2 Å². The lowest BCUT2D eigenvalue weighted by molar-refractivity contribution is -0.279. The van der Waals surface area contributed by atoms with Gasteiger partial charge in [0.15, 0.2) is 11.9 Å². The van der Waals surface area contributed by atoms with Crippen LogP contribution in [0.15, 0.2) is 84.1 Å². The number of hydrogen-bond acceptors (Lipinski definition) is 13. The van der Waals surface area contributed by atoms with Crippen molar-refractivity contribution in [1.29, 1.82) is 0 Å². The number of hydrogen-bond donors (Lipinski definition) is 2. The summed E-state index contributed by atoms with van der Waals surface area (Å²) in [4.78, 5) is 57.3. The summed E-state index contributed by atoms with van der Waals surface area (Å²) in [5, 5.41) is 16.8. The Labute approximate surface area is 390 Å². The first-order valence-electron chi connectivity index (χ1n) is 23.3. The predicted octanol–water partition coefficient (Wildman–Crippen LogP) is 8.02. The predicted molar refractivity (Wildman–Crippen MR) is 245 cm³/mol. The van der Waals surface area contributed by atoms with Gasteiger partial charge in [-0.15, -0.1) is 0 Å². The molecule has 6 rings (SSSR count). The maximum atomic E-state index is 15.6. The third kappa shape index (κ3) is 10.1. The normalized spacial score (nSPS) is 29.9. The highest BCUT2D eigenvalue weighted by molar-refractivity contribution is 5.94. The van der Waals surface area contributed by atoms with Gasteiger partial charge in [0.05, 0.1) is 29.8 Å². The third-order valence-corrected chi connectivity index (χ3v) is 14.3. The van der Waals surface area contributed by atoms with E-state index >= 15 is 4.79 Å². The Morgan fingerprint density at radius 3 is 2.21 bits per heavy atom. The fourth-order valence-corrected chi connectivity index (χ4v) is 10.7. The first kappa shape index (κ1) is 50.8. The Hall–Kier alpha value is -4.60. The minimum atomic E-state index is -1.93. The largest absolute Gasteiger partial charge is 0.487 e. The average molecular weight is 918 g/mol. The average Bonchev–Trinajstić information content (AvgIpc) is 3.26. The number of Topliss-reactive ketones (excluding diaryl/α,β-unsaturated/α-hetero) is 1. The number of aliphatic hydroxyl groups is 1. The van der Waals surface area contributed by atoms with Gasteiger partial charge in [-0.3, -0.25) is 9.59 Å². The van der Waals surface area contributed by atoms with Crippen molar-refractivity contribution in [2.45, 2.75) is 148 Å². The molecule has 0 spiro atoms. The molecule has 1 heterocycles. The summed E-state index contributed by atoms with van der Waals surface area (Å²) in [6.45, 7) is 20.3. The molecule has 66 heavy (non-hydrogen) atoms. The zero-order valence-electron chi connectivity index (χ0n) is 40.4. The molecule has 3 fully saturated rings. The van der Waals surface area contributed by atoms with Crippen LogP contribution in [0.4, 0.5) is 4.79 Å². The van der Waals surface area contributed by atoms with Crippen molar-refractivity contribution in [3.05, 3.63) is 95.3 Å². The lowest BCUT2D eigenvalue weighted by Gasteiger charge is -2.65. The summed E-state index contributed by atoms with van der Waals surface area (Å²) < 4.78 is 49.5. The van der Waals surface area contributed by atoms with Crippen molar-refractivity contribution >= 4 is 23.8 Å². The number of ether oxygens (including phenoxy) is 8. The smallest absolute Gasteiger partial charge is 0.408 e. The molecule has 3 aliphatic carbocycles. The van der Waals surface area contributed by atoms with Crippen LogP contribution < -0.4 is 5.32 Å². The highest BCUT2D eigenvalue weighted by Gasteiger charge is 2.72. The van der Waals surface area contributed by atoms with Crippen LogP contribution >= 0.6 is 0 Å². The molecule has 1 amide bonds. The Morgan fingerprint density at radius 1 is 0.955 bits per heavy atom. The number of carbonyl (C=O) groups is 4. The molecule has 2 aromatic carbocycles. The molecule has 1 saturated heterocycles. The Balaban J connectivity index is 1.46. The number of esters is 2. The van der Waals surface area contributed by atoms with E-state index in [1.54, 1.807) is 82.5 Å². The molecule has 3 unspecified atom stereocenters. The van der Waals surface area contributed by atoms with Crippen molar-refractivity contribution in [2.75, 3.05) is 34.0 Å². The number of fused-ring (bicyclic) bond motifs is 5. The fourth-order valence-electron chi connectivity index (χ4n) is 10.7. The van der Waals surface area contributed by atoms with Gasteiger partial charge in [0.2, 0.25) is 0 Å². The summed E-state index contributed by atoms with van der Waals surface area (Å²) in [6, 6.07) is 16.5. The van der Waals surface area contributed by atoms with Crippen LogP contribution in [0.5, 0.6) is 0 Å². The van der Waals surface area contributed by atoms with Gasteiger partial charge in [0, 0.05) is 63.9 Å². The third-order valence-electron chi connectivity index (χ3n) is 14.3. The first-order chi connectivity index (χ1) is 31.2. The number of methoxy groups -OCH3 is 2. The molecule has 2 bridgehead atoms. The fraction of sp³-hybridized carbons (Fsp3) is 0.615. The highest BCUT2D eigenvalue weighted by atomic mass is 16.6. The molecule has 2 aromatic rings. The van der Waals surface area contributed by atoms with Gasteiger partial charge >= 0.3 is 18.0 Å². The Morgan fingerprint density at radius 2 is 1.62 bits per heavy atom. The van der Waals surface area contributed by atoms with E-state index in [1.807, 2.05) is 40.7 Å². The number of unbranched alkanes of at least 4 members (excludes halogenated alkanes) is 1. The van der Waals surface area contributed by atoms with Gasteiger partial charge in [0.1, 0.15) is 41.3 Å². The zero-order chi connectivity index (χ0) is 48.2. The molecule has 14 nitrogen and oxygen atoms in total. The van der Waals surface area contributed by atoms with Gasteiger partial charge < -0.3 is 48.3 Å². The Kier molecular flexibility index (Phi) is 16.0. The molecule has 14 heteroatoms. The van der Waals surface area contributed by atoms with Crippen LogP contribution in [0.3, 0.4) is 0 Å². The molecule has 362 valence electrons. The molecule has 11 atom stereocenters. The topological polar surface area (TPSA) is 174 Å². The number of nitrogens with one attached hydrogen (secondary N) is 1. The molecular formula is C52H71NO13. The van der Waals surface area contributed by atoms with Crippen molar-refractivity contribution in [3.63, 3.8) is 0 Å². The molecule has 4 aliphatic rings. The quantitative estimate of drug-likeness (QED) is 0.0484. The van der Waals surface area contributed by atoms with Crippen LogP contribution in [0.1, 0.15) is 116 Å². The summed E-state index contributed by atoms with van der Waals surface area (Å²) in [6.07, 6.45) is -4.26. The molecule has 2 saturated carbocycles. The van der Waals surface area contributed by atoms with E-state index in [-0.39, 0.29) is 48.6 Å². The van der Waals surface area contributed by atoms with E-state index in [0.717, 1.165) is 6.42 Å². The monoisotopic (exact) mass is 917 g/mol. The van der Waals surface area contributed by atoms with Crippen molar-refractivity contribution in [2.24, 2.45) is 22.7 Å². The molecule has 0 radical (unpaired) electrons. The summed E-state index contributed by atoms with van der Waals surface area (Å²) >= 11 is 0. The van der Waals surface area contributed by atoms with E-state index < -0.39 is 82.5 Å². The molecule has 1 aliphatic heterocycles. The van der Waals surface area contributed by atoms with Gasteiger partial charge in [-0.05, 0) is 82.7 Å². The second-order valence-electron chi connectivity index (χ2n) is 19.9. The number of benzene rings is 2. The Bertz CT molecular complexity index is 2080. The van der Waals surface area contributed by atoms with Gasteiger partial charge in [-0.1, -0.05) is 75.9 Å². The van der Waals surface area contributed by atoms with Crippen molar-refractivity contribution < 1.29 is 62.2 Å². The van der Waals surface area contributed by atoms with Crippen LogP contribution in [0.25, 0.3) is 0 Å². The number of rotatable bonds is 18. The maximum Gasteiger partial charge on any atom is 0.408 e. The van der Waals surface area contributed by atoms with E-state index in [4.69, 9.17) is 37.9 Å². The van der Waals surface area contributed by atoms with Crippen molar-refractivity contribution in [3.8, 4) is 0 Å². The second-order valence-corrected chi connectivity index (χ2v) is 19.9.